The molecule has 0 bridgehead atoms. The van der Waals surface area contributed by atoms with Crippen molar-refractivity contribution < 1.29 is 13.2 Å². The van der Waals surface area contributed by atoms with Crippen LogP contribution in [0.15, 0.2) is 5.10 Å². The molecule has 6 heteroatoms. The third kappa shape index (κ3) is 1.14. The van der Waals surface area contributed by atoms with Gasteiger partial charge in [0.05, 0.1) is 0 Å². The molecule has 0 aliphatic carbocycles. The summed E-state index contributed by atoms with van der Waals surface area (Å²) in [5.41, 5.74) is 2.25. The second kappa shape index (κ2) is 2.03. The van der Waals surface area contributed by atoms with Gasteiger partial charge in [-0.1, -0.05) is 0 Å². The normalized spacial score (nSPS) is 25.2. The zero-order valence-electron chi connectivity index (χ0n) is 5.18. The van der Waals surface area contributed by atoms with E-state index in [9.17, 15) is 13.2 Å². The Bertz CT molecular complexity index is 152. The number of rotatable bonds is 0. The van der Waals surface area contributed by atoms with Gasteiger partial charge in [0.15, 0.2) is 0 Å². The lowest BCUT2D eigenvalue weighted by Crippen LogP contribution is -2.43. The molecule has 1 heterocycles. The van der Waals surface area contributed by atoms with Gasteiger partial charge in [0.2, 0.25) is 0 Å². The van der Waals surface area contributed by atoms with Gasteiger partial charge in [-0.2, -0.15) is 5.10 Å². The number of halogens is 3. The second-order valence-corrected chi connectivity index (χ2v) is 1.92. The summed E-state index contributed by atoms with van der Waals surface area (Å²) < 4.78 is 35.4. The number of hydrazone groups is 1. The Morgan fingerprint density at radius 3 is 2.40 bits per heavy atom. The molecule has 0 radical (unpaired) electrons. The Balaban J connectivity index is 2.64. The lowest BCUT2D eigenvalue weighted by atomic mass is 10.5. The van der Waals surface area contributed by atoms with E-state index in [1.54, 1.807) is 0 Å². The van der Waals surface area contributed by atoms with Crippen molar-refractivity contribution in [2.24, 2.45) is 5.10 Å². The quantitative estimate of drug-likeness (QED) is 0.519. The van der Waals surface area contributed by atoms with Crippen LogP contribution in [-0.4, -0.2) is 23.7 Å². The first-order chi connectivity index (χ1) is 4.52. The van der Waals surface area contributed by atoms with E-state index in [1.165, 1.54) is 6.92 Å². The highest BCUT2D eigenvalue weighted by Crippen LogP contribution is 2.22. The highest BCUT2D eigenvalue weighted by atomic mass is 19.4. The van der Waals surface area contributed by atoms with Crippen LogP contribution in [0.4, 0.5) is 13.2 Å². The van der Waals surface area contributed by atoms with Crippen molar-refractivity contribution in [1.82, 2.24) is 10.3 Å². The lowest BCUT2D eigenvalue weighted by Gasteiger charge is -2.22. The number of alkyl halides is 3. The van der Waals surface area contributed by atoms with Crippen LogP contribution in [0.1, 0.15) is 6.92 Å². The van der Waals surface area contributed by atoms with Crippen molar-refractivity contribution in [3.05, 3.63) is 0 Å². The van der Waals surface area contributed by atoms with E-state index in [2.05, 4.69) is 10.5 Å². The molecule has 1 rings (SSSR count). The topological polar surface area (TPSA) is 27.6 Å². The predicted molar refractivity (Wildman–Crippen MR) is 29.0 cm³/mol. The molecule has 3 nitrogen and oxygen atoms in total. The van der Waals surface area contributed by atoms with Gasteiger partial charge in [-0.15, -0.1) is 13.2 Å². The Labute approximate surface area is 55.5 Å². The average Bonchev–Trinajstić information content (AvgIpc) is 2.11. The minimum atomic E-state index is -4.33. The van der Waals surface area contributed by atoms with Crippen molar-refractivity contribution in [2.45, 2.75) is 19.4 Å². The second-order valence-electron chi connectivity index (χ2n) is 1.92. The van der Waals surface area contributed by atoms with Crippen molar-refractivity contribution in [2.75, 3.05) is 0 Å². The lowest BCUT2D eigenvalue weighted by molar-refractivity contribution is -0.224. The Morgan fingerprint density at radius 1 is 1.60 bits per heavy atom. The summed E-state index contributed by atoms with van der Waals surface area (Å²) in [6.07, 6.45) is -4.39. The zero-order valence-corrected chi connectivity index (χ0v) is 5.18. The molecule has 0 saturated heterocycles. The largest absolute Gasteiger partial charge is 0.487 e. The van der Waals surface area contributed by atoms with Gasteiger partial charge < -0.3 is 0 Å². The van der Waals surface area contributed by atoms with Gasteiger partial charge in [-0.05, 0) is 6.92 Å². The first-order valence-corrected chi connectivity index (χ1v) is 2.65. The van der Waals surface area contributed by atoms with E-state index in [0.717, 1.165) is 6.34 Å². The molecule has 0 amide bonds. The van der Waals surface area contributed by atoms with Gasteiger partial charge in [0, 0.05) is 0 Å². The fourth-order valence-electron chi connectivity index (χ4n) is 0.651. The summed E-state index contributed by atoms with van der Waals surface area (Å²) in [5.74, 6) is 0. The van der Waals surface area contributed by atoms with E-state index in [0.29, 0.717) is 0 Å². The summed E-state index contributed by atoms with van der Waals surface area (Å²) >= 11 is 0. The molecule has 0 saturated carbocycles. The molecular weight excluding hydrogens is 147 g/mol. The smallest absolute Gasteiger partial charge is 0.286 e. The molecule has 58 valence electrons. The van der Waals surface area contributed by atoms with Crippen LogP contribution in [0, 0.1) is 0 Å². The van der Waals surface area contributed by atoms with Crippen LogP contribution in [0.5, 0.6) is 0 Å². The number of nitrogens with zero attached hydrogens (tertiary/aromatic N) is 2. The van der Waals surface area contributed by atoms with Gasteiger partial charge in [-0.3, -0.25) is 10.3 Å². The van der Waals surface area contributed by atoms with Crippen molar-refractivity contribution >= 4 is 6.34 Å². The highest BCUT2D eigenvalue weighted by Gasteiger charge is 2.40. The van der Waals surface area contributed by atoms with Crippen LogP contribution < -0.4 is 5.43 Å². The van der Waals surface area contributed by atoms with Crippen LogP contribution in [0.3, 0.4) is 0 Å². The molecular formula is C4H6F3N3. The van der Waals surface area contributed by atoms with Crippen LogP contribution in [0.25, 0.3) is 0 Å². The van der Waals surface area contributed by atoms with Crippen LogP contribution in [-0.2, 0) is 0 Å². The summed E-state index contributed by atoms with van der Waals surface area (Å²) in [6.45, 7) is 1.38. The minimum absolute atomic E-state index is 0.188. The monoisotopic (exact) mass is 153 g/mol. The number of hydrogen-bond donors (Lipinski definition) is 1. The van der Waals surface area contributed by atoms with E-state index in [4.69, 9.17) is 0 Å². The van der Waals surface area contributed by atoms with Crippen molar-refractivity contribution in [1.29, 1.82) is 0 Å². The molecule has 1 atom stereocenters. The number of nitrogens with one attached hydrogen (secondary N) is 1. The SMILES string of the molecule is CC1NN=CN1C(F)(F)F. The fourth-order valence-corrected chi connectivity index (χ4v) is 0.651. The van der Waals surface area contributed by atoms with Crippen molar-refractivity contribution in [3.63, 3.8) is 0 Å². The molecule has 0 aromatic rings. The van der Waals surface area contributed by atoms with Gasteiger partial charge in [0.1, 0.15) is 12.5 Å². The van der Waals surface area contributed by atoms with Crippen LogP contribution in [0.2, 0.25) is 0 Å². The summed E-state index contributed by atoms with van der Waals surface area (Å²) in [4.78, 5) is 0.188. The molecule has 0 spiro atoms. The average molecular weight is 153 g/mol. The number of hydrogen-bond acceptors (Lipinski definition) is 3. The third-order valence-electron chi connectivity index (χ3n) is 1.15. The molecule has 1 aliphatic rings. The zero-order chi connectivity index (χ0) is 7.78. The Hall–Kier alpha value is -0.940. The summed E-state index contributed by atoms with van der Waals surface area (Å²) in [6, 6.07) is 0. The summed E-state index contributed by atoms with van der Waals surface area (Å²) in [5, 5.41) is 3.24. The van der Waals surface area contributed by atoms with E-state index in [-0.39, 0.29) is 4.90 Å². The highest BCUT2D eigenvalue weighted by molar-refractivity contribution is 5.57. The Kier molecular flexibility index (Phi) is 1.46. The molecule has 0 aromatic carbocycles. The molecule has 10 heavy (non-hydrogen) atoms. The van der Waals surface area contributed by atoms with Gasteiger partial charge in [-0.25, -0.2) is 0 Å². The predicted octanol–water partition coefficient (Wildman–Crippen LogP) is 0.701. The molecule has 1 aliphatic heterocycles. The molecule has 0 fully saturated rings. The Morgan fingerprint density at radius 2 is 2.20 bits per heavy atom. The van der Waals surface area contributed by atoms with Gasteiger partial charge in [0.25, 0.3) is 0 Å². The fraction of sp³-hybridized carbons (Fsp3) is 0.750. The molecule has 1 unspecified atom stereocenters. The van der Waals surface area contributed by atoms with E-state index >= 15 is 0 Å². The van der Waals surface area contributed by atoms with E-state index < -0.39 is 12.5 Å². The van der Waals surface area contributed by atoms with Gasteiger partial charge >= 0.3 is 6.30 Å². The maximum Gasteiger partial charge on any atom is 0.487 e. The maximum atomic E-state index is 11.8. The maximum absolute atomic E-state index is 11.8. The first kappa shape index (κ1) is 7.17. The minimum Gasteiger partial charge on any atom is -0.286 e. The van der Waals surface area contributed by atoms with Crippen LogP contribution >= 0.6 is 0 Å². The molecule has 1 N–H and O–H groups in total. The van der Waals surface area contributed by atoms with Crippen molar-refractivity contribution in [3.8, 4) is 0 Å². The van der Waals surface area contributed by atoms with E-state index in [1.807, 2.05) is 0 Å². The first-order valence-electron chi connectivity index (χ1n) is 2.65. The third-order valence-corrected chi connectivity index (χ3v) is 1.15. The molecule has 0 aromatic heterocycles. The standard InChI is InChI=1S/C4H6F3N3/c1-3-9-8-2-10(3)4(5,6)7/h2-3,9H,1H3. The summed E-state index contributed by atoms with van der Waals surface area (Å²) in [7, 11) is 0.